The summed E-state index contributed by atoms with van der Waals surface area (Å²) in [7, 11) is 0. The van der Waals surface area contributed by atoms with Gasteiger partial charge in [0.15, 0.2) is 11.8 Å². The molecule has 2 rings (SSSR count). The third kappa shape index (κ3) is 5.33. The van der Waals surface area contributed by atoms with E-state index in [9.17, 15) is 0 Å². The molecule has 24 heavy (non-hydrogen) atoms. The fourth-order valence-corrected chi connectivity index (χ4v) is 1.92. The van der Waals surface area contributed by atoms with E-state index < -0.39 is 0 Å². The van der Waals surface area contributed by atoms with Crippen molar-refractivity contribution in [1.29, 1.82) is 0 Å². The maximum atomic E-state index is 5.25. The van der Waals surface area contributed by atoms with Crippen LogP contribution in [-0.4, -0.2) is 40.2 Å². The highest BCUT2D eigenvalue weighted by Gasteiger charge is 2.10. The molecule has 7 heteroatoms. The fourth-order valence-electron chi connectivity index (χ4n) is 1.92. The second-order valence-electron chi connectivity index (χ2n) is 5.92. The van der Waals surface area contributed by atoms with Crippen molar-refractivity contribution in [3.63, 3.8) is 0 Å². The number of rotatable bonds is 7. The van der Waals surface area contributed by atoms with Crippen LogP contribution in [0.4, 0.5) is 0 Å². The zero-order valence-electron chi connectivity index (χ0n) is 14.8. The molecule has 0 spiro atoms. The second-order valence-corrected chi connectivity index (χ2v) is 5.92. The van der Waals surface area contributed by atoms with Crippen LogP contribution in [0.25, 0.3) is 11.6 Å². The number of nitrogens with one attached hydrogen (secondary N) is 2. The number of pyridine rings is 1. The smallest absolute Gasteiger partial charge is 0.276 e. The molecule has 2 N–H and O–H groups in total. The molecule has 0 fully saturated rings. The van der Waals surface area contributed by atoms with Gasteiger partial charge in [-0.15, -0.1) is 0 Å². The SMILES string of the molecule is CCNC(=NCCc1noc(-c2ccccn2)n1)NC(C)C(C)C. The van der Waals surface area contributed by atoms with Crippen LogP contribution in [0.1, 0.15) is 33.5 Å². The lowest BCUT2D eigenvalue weighted by Gasteiger charge is -2.20. The summed E-state index contributed by atoms with van der Waals surface area (Å²) in [6.45, 7) is 9.97. The summed E-state index contributed by atoms with van der Waals surface area (Å²) >= 11 is 0. The maximum Gasteiger partial charge on any atom is 0.276 e. The van der Waals surface area contributed by atoms with Crippen LogP contribution in [-0.2, 0) is 6.42 Å². The van der Waals surface area contributed by atoms with Crippen LogP contribution in [0.2, 0.25) is 0 Å². The second kappa shape index (κ2) is 9.00. The minimum atomic E-state index is 0.351. The van der Waals surface area contributed by atoms with E-state index in [1.54, 1.807) is 6.20 Å². The van der Waals surface area contributed by atoms with E-state index >= 15 is 0 Å². The highest BCUT2D eigenvalue weighted by molar-refractivity contribution is 5.80. The minimum absolute atomic E-state index is 0.351. The molecule has 0 bridgehead atoms. The molecule has 0 aliphatic rings. The quantitative estimate of drug-likeness (QED) is 0.598. The van der Waals surface area contributed by atoms with Gasteiger partial charge in [-0.25, -0.2) is 0 Å². The van der Waals surface area contributed by atoms with Crippen LogP contribution in [0.15, 0.2) is 33.9 Å². The highest BCUT2D eigenvalue weighted by atomic mass is 16.5. The van der Waals surface area contributed by atoms with E-state index in [0.717, 1.165) is 12.5 Å². The molecule has 0 aliphatic carbocycles. The summed E-state index contributed by atoms with van der Waals surface area (Å²) in [6.07, 6.45) is 2.32. The molecule has 1 atom stereocenters. The molecule has 0 saturated heterocycles. The highest BCUT2D eigenvalue weighted by Crippen LogP contribution is 2.13. The molecule has 130 valence electrons. The van der Waals surface area contributed by atoms with Gasteiger partial charge in [0.2, 0.25) is 0 Å². The first-order valence-corrected chi connectivity index (χ1v) is 8.39. The summed E-state index contributed by atoms with van der Waals surface area (Å²) in [4.78, 5) is 13.1. The number of guanidine groups is 1. The molecule has 0 aromatic carbocycles. The van der Waals surface area contributed by atoms with E-state index in [-0.39, 0.29) is 0 Å². The molecular formula is C17H26N6O. The Labute approximate surface area is 143 Å². The molecule has 0 aliphatic heterocycles. The Morgan fingerprint density at radius 1 is 1.29 bits per heavy atom. The van der Waals surface area contributed by atoms with Gasteiger partial charge < -0.3 is 15.2 Å². The molecule has 2 aromatic rings. The van der Waals surface area contributed by atoms with Crippen LogP contribution in [0.5, 0.6) is 0 Å². The van der Waals surface area contributed by atoms with Crippen LogP contribution >= 0.6 is 0 Å². The van der Waals surface area contributed by atoms with Crippen molar-refractivity contribution in [2.24, 2.45) is 10.9 Å². The van der Waals surface area contributed by atoms with Gasteiger partial charge in [-0.1, -0.05) is 25.1 Å². The van der Waals surface area contributed by atoms with Crippen molar-refractivity contribution in [3.8, 4) is 11.6 Å². The van der Waals surface area contributed by atoms with E-state index in [2.05, 4.69) is 58.4 Å². The summed E-state index contributed by atoms with van der Waals surface area (Å²) < 4.78 is 5.25. The monoisotopic (exact) mass is 330 g/mol. The van der Waals surface area contributed by atoms with Crippen LogP contribution in [0, 0.1) is 5.92 Å². The molecule has 2 heterocycles. The Morgan fingerprint density at radius 2 is 2.12 bits per heavy atom. The average molecular weight is 330 g/mol. The zero-order valence-corrected chi connectivity index (χ0v) is 14.8. The normalized spacial score (nSPS) is 13.1. The number of aromatic nitrogens is 3. The third-order valence-corrected chi connectivity index (χ3v) is 3.67. The van der Waals surface area contributed by atoms with Crippen molar-refractivity contribution in [1.82, 2.24) is 25.8 Å². The largest absolute Gasteiger partial charge is 0.357 e. The predicted octanol–water partition coefficient (Wildman–Crippen LogP) is 2.27. The van der Waals surface area contributed by atoms with Gasteiger partial charge in [0.1, 0.15) is 5.69 Å². The number of nitrogens with zero attached hydrogens (tertiary/aromatic N) is 4. The first-order chi connectivity index (χ1) is 11.6. The lowest BCUT2D eigenvalue weighted by molar-refractivity contribution is 0.421. The van der Waals surface area contributed by atoms with Crippen LogP contribution < -0.4 is 10.6 Å². The number of hydrogen-bond donors (Lipinski definition) is 2. The Hall–Kier alpha value is -2.44. The van der Waals surface area contributed by atoms with Gasteiger partial charge >= 0.3 is 0 Å². The predicted molar refractivity (Wildman–Crippen MR) is 94.6 cm³/mol. The first kappa shape index (κ1) is 17.9. The zero-order chi connectivity index (χ0) is 17.4. The molecule has 0 saturated carbocycles. The van der Waals surface area contributed by atoms with Gasteiger partial charge in [0, 0.05) is 31.7 Å². The topological polar surface area (TPSA) is 88.2 Å². The Kier molecular flexibility index (Phi) is 6.72. The van der Waals surface area contributed by atoms with Gasteiger partial charge in [-0.2, -0.15) is 4.98 Å². The Morgan fingerprint density at radius 3 is 2.79 bits per heavy atom. The third-order valence-electron chi connectivity index (χ3n) is 3.67. The number of aliphatic imine (C=N–C) groups is 1. The van der Waals surface area contributed by atoms with E-state index in [0.29, 0.717) is 42.3 Å². The van der Waals surface area contributed by atoms with Gasteiger partial charge in [-0.3, -0.25) is 9.98 Å². The Balaban J connectivity index is 1.92. The van der Waals surface area contributed by atoms with Crippen LogP contribution in [0.3, 0.4) is 0 Å². The molecule has 1 unspecified atom stereocenters. The summed E-state index contributed by atoms with van der Waals surface area (Å²) in [6, 6.07) is 5.93. The van der Waals surface area contributed by atoms with E-state index in [1.807, 2.05) is 18.2 Å². The standard InChI is InChI=1S/C17H26N6O/c1-5-18-17(21-13(4)12(2)3)20-11-9-15-22-16(24-23-15)14-8-6-7-10-19-14/h6-8,10,12-13H,5,9,11H2,1-4H3,(H2,18,20,21). The lowest BCUT2D eigenvalue weighted by Crippen LogP contribution is -2.44. The van der Waals surface area contributed by atoms with Crippen molar-refractivity contribution in [3.05, 3.63) is 30.2 Å². The van der Waals surface area contributed by atoms with Crippen molar-refractivity contribution < 1.29 is 4.52 Å². The molecule has 7 nitrogen and oxygen atoms in total. The van der Waals surface area contributed by atoms with Gasteiger partial charge in [0.25, 0.3) is 5.89 Å². The fraction of sp³-hybridized carbons (Fsp3) is 0.529. The maximum absolute atomic E-state index is 5.25. The minimum Gasteiger partial charge on any atom is -0.357 e. The van der Waals surface area contributed by atoms with E-state index in [4.69, 9.17) is 4.52 Å². The van der Waals surface area contributed by atoms with Crippen molar-refractivity contribution in [2.45, 2.75) is 40.2 Å². The summed E-state index contributed by atoms with van der Waals surface area (Å²) in [5, 5.41) is 10.6. The van der Waals surface area contributed by atoms with Gasteiger partial charge in [0.05, 0.1) is 0 Å². The lowest BCUT2D eigenvalue weighted by atomic mass is 10.1. The Bertz CT molecular complexity index is 638. The van der Waals surface area contributed by atoms with Crippen molar-refractivity contribution >= 4 is 5.96 Å². The van der Waals surface area contributed by atoms with E-state index in [1.165, 1.54) is 0 Å². The summed E-state index contributed by atoms with van der Waals surface area (Å²) in [5.41, 5.74) is 0.681. The van der Waals surface area contributed by atoms with Gasteiger partial charge in [-0.05, 0) is 31.9 Å². The number of hydrogen-bond acceptors (Lipinski definition) is 5. The summed E-state index contributed by atoms with van der Waals surface area (Å²) in [5.74, 6) is 2.42. The average Bonchev–Trinajstić information content (AvgIpc) is 3.04. The molecule has 2 aromatic heterocycles. The molecular weight excluding hydrogens is 304 g/mol. The van der Waals surface area contributed by atoms with Crippen molar-refractivity contribution in [2.75, 3.05) is 13.1 Å². The first-order valence-electron chi connectivity index (χ1n) is 8.39. The molecule has 0 amide bonds. The molecule has 0 radical (unpaired) electrons.